The first kappa shape index (κ1) is 17.4. The molecule has 0 spiro atoms. The van der Waals surface area contributed by atoms with Crippen molar-refractivity contribution in [3.8, 4) is 22.6 Å². The Morgan fingerprint density at radius 1 is 1.15 bits per heavy atom. The van der Waals surface area contributed by atoms with E-state index in [0.717, 1.165) is 34.0 Å². The molecule has 4 rings (SSSR count). The van der Waals surface area contributed by atoms with Crippen LogP contribution in [0.1, 0.15) is 21.7 Å². The van der Waals surface area contributed by atoms with E-state index in [1.807, 2.05) is 32.0 Å². The van der Waals surface area contributed by atoms with Crippen LogP contribution in [0.4, 0.5) is 0 Å². The van der Waals surface area contributed by atoms with Crippen LogP contribution in [0.15, 0.2) is 36.8 Å². The number of pyridine rings is 2. The van der Waals surface area contributed by atoms with Gasteiger partial charge in [-0.05, 0) is 37.6 Å². The SMILES string of the molecule is Cc1nc(-c2cc(-c3cncc(C(=O)N4CCOCC4)c3)ccn2)[nH]c1C. The summed E-state index contributed by atoms with van der Waals surface area (Å²) in [5, 5.41) is 0. The second-order valence-electron chi connectivity index (χ2n) is 6.59. The van der Waals surface area contributed by atoms with Crippen LogP contribution in [0.5, 0.6) is 0 Å². The van der Waals surface area contributed by atoms with Gasteiger partial charge in [0.25, 0.3) is 5.91 Å². The van der Waals surface area contributed by atoms with Gasteiger partial charge in [-0.3, -0.25) is 14.8 Å². The first-order chi connectivity index (χ1) is 13.1. The molecule has 1 amide bonds. The number of amides is 1. The summed E-state index contributed by atoms with van der Waals surface area (Å²) in [4.78, 5) is 31.0. The number of aryl methyl sites for hydroxylation is 2. The van der Waals surface area contributed by atoms with Gasteiger partial charge in [0, 0.05) is 42.9 Å². The molecule has 3 aromatic heterocycles. The van der Waals surface area contributed by atoms with E-state index in [1.165, 1.54) is 0 Å². The molecule has 4 heterocycles. The molecule has 3 aromatic rings. The van der Waals surface area contributed by atoms with Gasteiger partial charge in [0.05, 0.1) is 24.5 Å². The summed E-state index contributed by atoms with van der Waals surface area (Å²) in [5.41, 5.74) is 5.13. The minimum absolute atomic E-state index is 0.0146. The second kappa shape index (κ2) is 7.28. The fraction of sp³-hybridized carbons (Fsp3) is 0.300. The van der Waals surface area contributed by atoms with Crippen molar-refractivity contribution in [3.05, 3.63) is 53.7 Å². The molecule has 1 fully saturated rings. The third-order valence-corrected chi connectivity index (χ3v) is 4.75. The van der Waals surface area contributed by atoms with Crippen LogP contribution in [-0.4, -0.2) is 57.0 Å². The molecule has 7 nitrogen and oxygen atoms in total. The van der Waals surface area contributed by atoms with Gasteiger partial charge in [0.1, 0.15) is 5.69 Å². The minimum atomic E-state index is -0.0146. The summed E-state index contributed by atoms with van der Waals surface area (Å²) < 4.78 is 5.32. The number of carbonyl (C=O) groups is 1. The first-order valence-electron chi connectivity index (χ1n) is 8.94. The number of hydrogen-bond acceptors (Lipinski definition) is 5. The molecule has 0 saturated carbocycles. The van der Waals surface area contributed by atoms with Crippen molar-refractivity contribution in [3.63, 3.8) is 0 Å². The molecular weight excluding hydrogens is 342 g/mol. The fourth-order valence-corrected chi connectivity index (χ4v) is 3.07. The molecule has 138 valence electrons. The van der Waals surface area contributed by atoms with E-state index in [0.29, 0.717) is 31.9 Å². The number of rotatable bonds is 3. The Balaban J connectivity index is 1.64. The topological polar surface area (TPSA) is 84.0 Å². The highest BCUT2D eigenvalue weighted by atomic mass is 16.5. The first-order valence-corrected chi connectivity index (χ1v) is 8.94. The van der Waals surface area contributed by atoms with Crippen molar-refractivity contribution in [2.75, 3.05) is 26.3 Å². The van der Waals surface area contributed by atoms with E-state index >= 15 is 0 Å². The summed E-state index contributed by atoms with van der Waals surface area (Å²) in [6, 6.07) is 5.74. The summed E-state index contributed by atoms with van der Waals surface area (Å²) in [5.74, 6) is 0.722. The third kappa shape index (κ3) is 3.59. The maximum atomic E-state index is 12.7. The van der Waals surface area contributed by atoms with Crippen LogP contribution in [0.3, 0.4) is 0 Å². The molecule has 27 heavy (non-hydrogen) atoms. The van der Waals surface area contributed by atoms with E-state index in [4.69, 9.17) is 4.74 Å². The molecule has 1 aliphatic heterocycles. The quantitative estimate of drug-likeness (QED) is 0.773. The molecule has 0 aromatic carbocycles. The van der Waals surface area contributed by atoms with Gasteiger partial charge in [-0.1, -0.05) is 0 Å². The number of hydrogen-bond donors (Lipinski definition) is 1. The average Bonchev–Trinajstić information content (AvgIpc) is 3.07. The number of morpholine rings is 1. The lowest BCUT2D eigenvalue weighted by atomic mass is 10.1. The minimum Gasteiger partial charge on any atom is -0.378 e. The Hall–Kier alpha value is -3.06. The van der Waals surface area contributed by atoms with E-state index in [2.05, 4.69) is 19.9 Å². The maximum Gasteiger partial charge on any atom is 0.255 e. The summed E-state index contributed by atoms with van der Waals surface area (Å²) >= 11 is 0. The van der Waals surface area contributed by atoms with Crippen LogP contribution < -0.4 is 0 Å². The van der Waals surface area contributed by atoms with Gasteiger partial charge in [-0.25, -0.2) is 4.98 Å². The predicted octanol–water partition coefficient (Wildman–Crippen LogP) is 2.62. The number of H-pyrrole nitrogens is 1. The highest BCUT2D eigenvalue weighted by molar-refractivity contribution is 5.95. The van der Waals surface area contributed by atoms with Crippen molar-refractivity contribution in [1.82, 2.24) is 24.8 Å². The number of carbonyl (C=O) groups excluding carboxylic acids is 1. The van der Waals surface area contributed by atoms with Gasteiger partial charge in [0.2, 0.25) is 0 Å². The molecule has 0 atom stereocenters. The van der Waals surface area contributed by atoms with Crippen molar-refractivity contribution in [2.24, 2.45) is 0 Å². The van der Waals surface area contributed by atoms with Gasteiger partial charge in [-0.15, -0.1) is 0 Å². The monoisotopic (exact) mass is 363 g/mol. The molecule has 1 saturated heterocycles. The van der Waals surface area contributed by atoms with Crippen molar-refractivity contribution in [2.45, 2.75) is 13.8 Å². The largest absolute Gasteiger partial charge is 0.378 e. The highest BCUT2D eigenvalue weighted by Gasteiger charge is 2.19. The Labute approximate surface area is 157 Å². The third-order valence-electron chi connectivity index (χ3n) is 4.75. The van der Waals surface area contributed by atoms with Gasteiger partial charge in [-0.2, -0.15) is 0 Å². The van der Waals surface area contributed by atoms with Crippen LogP contribution in [-0.2, 0) is 4.74 Å². The van der Waals surface area contributed by atoms with Gasteiger partial charge in [0.15, 0.2) is 5.82 Å². The molecule has 0 unspecified atom stereocenters. The Bertz CT molecular complexity index is 957. The Morgan fingerprint density at radius 3 is 2.70 bits per heavy atom. The number of imidazole rings is 1. The van der Waals surface area contributed by atoms with Gasteiger partial charge < -0.3 is 14.6 Å². The standard InChI is InChI=1S/C20H21N5O2/c1-13-14(2)24-19(23-13)18-10-15(3-4-22-18)16-9-17(12-21-11-16)20(26)25-5-7-27-8-6-25/h3-4,9-12H,5-8H2,1-2H3,(H,23,24). The predicted molar refractivity (Wildman–Crippen MR) is 101 cm³/mol. The van der Waals surface area contributed by atoms with Crippen molar-refractivity contribution < 1.29 is 9.53 Å². The molecule has 1 aliphatic rings. The van der Waals surface area contributed by atoms with Crippen LogP contribution in [0.25, 0.3) is 22.6 Å². The number of nitrogens with zero attached hydrogens (tertiary/aromatic N) is 4. The van der Waals surface area contributed by atoms with E-state index in [9.17, 15) is 4.79 Å². The lowest BCUT2D eigenvalue weighted by Crippen LogP contribution is -2.40. The second-order valence-corrected chi connectivity index (χ2v) is 6.59. The van der Waals surface area contributed by atoms with Gasteiger partial charge >= 0.3 is 0 Å². The normalized spacial score (nSPS) is 14.4. The zero-order chi connectivity index (χ0) is 18.8. The van der Waals surface area contributed by atoms with Crippen molar-refractivity contribution >= 4 is 5.91 Å². The lowest BCUT2D eigenvalue weighted by molar-refractivity contribution is 0.0302. The summed E-state index contributed by atoms with van der Waals surface area (Å²) in [6.07, 6.45) is 5.12. The summed E-state index contributed by atoms with van der Waals surface area (Å²) in [7, 11) is 0. The Morgan fingerprint density at radius 2 is 1.96 bits per heavy atom. The van der Waals surface area contributed by atoms with E-state index < -0.39 is 0 Å². The van der Waals surface area contributed by atoms with Crippen molar-refractivity contribution in [1.29, 1.82) is 0 Å². The zero-order valence-corrected chi connectivity index (χ0v) is 15.4. The lowest BCUT2D eigenvalue weighted by Gasteiger charge is -2.26. The molecule has 7 heteroatoms. The van der Waals surface area contributed by atoms with E-state index in [-0.39, 0.29) is 5.91 Å². The number of aromatic nitrogens is 4. The number of ether oxygens (including phenoxy) is 1. The fourth-order valence-electron chi connectivity index (χ4n) is 3.07. The smallest absolute Gasteiger partial charge is 0.255 e. The Kier molecular flexibility index (Phi) is 4.68. The van der Waals surface area contributed by atoms with Crippen LogP contribution >= 0.6 is 0 Å². The highest BCUT2D eigenvalue weighted by Crippen LogP contribution is 2.24. The van der Waals surface area contributed by atoms with E-state index in [1.54, 1.807) is 23.5 Å². The van der Waals surface area contributed by atoms with Crippen LogP contribution in [0, 0.1) is 13.8 Å². The molecule has 0 radical (unpaired) electrons. The maximum absolute atomic E-state index is 12.7. The van der Waals surface area contributed by atoms with Crippen LogP contribution in [0.2, 0.25) is 0 Å². The molecular formula is C20H21N5O2. The average molecular weight is 363 g/mol. The molecule has 0 bridgehead atoms. The zero-order valence-electron chi connectivity index (χ0n) is 15.4. The summed E-state index contributed by atoms with van der Waals surface area (Å²) in [6.45, 7) is 6.33. The molecule has 0 aliphatic carbocycles. The molecule has 1 N–H and O–H groups in total. The number of aromatic amines is 1. The number of nitrogens with one attached hydrogen (secondary N) is 1.